The first kappa shape index (κ1) is 32.6. The van der Waals surface area contributed by atoms with Gasteiger partial charge in [0.05, 0.1) is 0 Å². The fraction of sp³-hybridized carbons (Fsp3) is 0.500. The zero-order valence-electron chi connectivity index (χ0n) is 23.7. The van der Waals surface area contributed by atoms with E-state index in [1.807, 2.05) is 12.2 Å². The number of hydrogen-bond donors (Lipinski definition) is 0. The van der Waals surface area contributed by atoms with Crippen molar-refractivity contribution >= 4 is 0 Å². The van der Waals surface area contributed by atoms with Crippen molar-refractivity contribution in [2.45, 2.75) is 61.8 Å². The van der Waals surface area contributed by atoms with Gasteiger partial charge in [-0.25, -0.2) is 12.2 Å². The Kier molecular flexibility index (Phi) is 8.89. The molecule has 0 aromatic heterocycles. The molecule has 37 heavy (non-hydrogen) atoms. The van der Waals surface area contributed by atoms with Gasteiger partial charge in [0.2, 0.25) is 0 Å². The zero-order chi connectivity index (χ0) is 24.7. The minimum atomic E-state index is 0. The summed E-state index contributed by atoms with van der Waals surface area (Å²) >= 11 is 0. The Bertz CT molecular complexity index is 1140. The Labute approximate surface area is 258 Å². The Balaban J connectivity index is 0.000000542. The van der Waals surface area contributed by atoms with E-state index in [2.05, 4.69) is 141 Å². The molecule has 8 unspecified atom stereocenters. The first-order chi connectivity index (χ1) is 15.9. The van der Waals surface area contributed by atoms with Crippen molar-refractivity contribution in [2.24, 2.45) is 43.8 Å². The maximum absolute atomic E-state index is 2.99. The van der Waals surface area contributed by atoms with Crippen LogP contribution >= 0.6 is 0 Å². The molecule has 0 saturated heterocycles. The normalized spacial score (nSPS) is 48.6. The zero-order valence-corrected chi connectivity index (χ0v) is 27.7. The molecule has 8 atom stereocenters. The van der Waals surface area contributed by atoms with Crippen LogP contribution in [0.15, 0.2) is 90.6 Å². The molecule has 0 aromatic rings. The molecule has 0 aromatic carbocycles. The Morgan fingerprint density at radius 2 is 1.24 bits per heavy atom. The largest absolute Gasteiger partial charge is 4.00 e. The first-order valence-electron chi connectivity index (χ1n) is 13.1. The molecule has 6 aliphatic carbocycles. The van der Waals surface area contributed by atoms with Crippen LogP contribution in [0.25, 0.3) is 0 Å². The van der Waals surface area contributed by atoms with E-state index in [1.54, 1.807) is 0 Å². The summed E-state index contributed by atoms with van der Waals surface area (Å²) in [6, 6.07) is 0. The number of hydrogen-bond acceptors (Lipinski definition) is 0. The molecule has 0 heterocycles. The Hall–Kier alpha value is -0.617. The van der Waals surface area contributed by atoms with Gasteiger partial charge in [0, 0.05) is 10.8 Å². The van der Waals surface area contributed by atoms with Crippen LogP contribution < -0.4 is 24.8 Å². The number of fused-ring (bicyclic) bond motifs is 8. The van der Waals surface area contributed by atoms with Gasteiger partial charge in [0.1, 0.15) is 0 Å². The van der Waals surface area contributed by atoms with E-state index in [-0.39, 0.29) is 88.9 Å². The van der Waals surface area contributed by atoms with Gasteiger partial charge in [-0.2, -0.15) is 6.08 Å². The van der Waals surface area contributed by atoms with Crippen molar-refractivity contribution in [3.63, 3.8) is 0 Å². The maximum atomic E-state index is 2.99. The summed E-state index contributed by atoms with van der Waals surface area (Å²) in [6.45, 7) is 20.3. The van der Waals surface area contributed by atoms with Crippen LogP contribution in [0.3, 0.4) is 0 Å². The van der Waals surface area contributed by atoms with Gasteiger partial charge in [-0.15, -0.1) is 23.8 Å². The Morgan fingerprint density at radius 1 is 0.730 bits per heavy atom. The molecule has 0 aliphatic heterocycles. The third-order valence-corrected chi connectivity index (χ3v) is 12.6. The van der Waals surface area contributed by atoms with Crippen molar-refractivity contribution in [2.75, 3.05) is 0 Å². The molecule has 2 fully saturated rings. The maximum Gasteiger partial charge on any atom is 4.00 e. The Morgan fingerprint density at radius 3 is 1.73 bits per heavy atom. The van der Waals surface area contributed by atoms with Crippen LogP contribution in [0, 0.1) is 56.3 Å². The smallest absolute Gasteiger partial charge is 1.00 e. The van der Waals surface area contributed by atoms with Gasteiger partial charge < -0.3 is 31.2 Å². The standard InChI is InChI=1S/C29H37.C5H5.2ClH.Zr/c1-21-14-13-15-22-20-27(6)25(4)18-10-9-16-23(25,2)24(3)17-11-12-19-26(24,5)29(27,8)28(21,22)7;1-2-4-5-3-1;;;/h9-20,22H,1-8H3;1-3H,4H2;2*1H;/q2*-1;;;+4/p-2. The van der Waals surface area contributed by atoms with Crippen LogP contribution in [-0.4, -0.2) is 0 Å². The summed E-state index contributed by atoms with van der Waals surface area (Å²) < 4.78 is 0. The molecule has 0 bridgehead atoms. The van der Waals surface area contributed by atoms with E-state index >= 15 is 0 Å². The van der Waals surface area contributed by atoms with Crippen LogP contribution in [0.5, 0.6) is 0 Å². The second kappa shape index (κ2) is 10.1. The van der Waals surface area contributed by atoms with Gasteiger partial charge in [-0.1, -0.05) is 115 Å². The molecule has 0 N–H and O–H groups in total. The minimum Gasteiger partial charge on any atom is -1.00 e. The van der Waals surface area contributed by atoms with Gasteiger partial charge in [-0.3, -0.25) is 6.08 Å². The van der Waals surface area contributed by atoms with E-state index in [1.165, 1.54) is 5.57 Å². The molecule has 2 saturated carbocycles. The number of rotatable bonds is 0. The number of halogens is 2. The average molecular weight is 613 g/mol. The van der Waals surface area contributed by atoms with Crippen LogP contribution in [-0.2, 0) is 26.2 Å². The van der Waals surface area contributed by atoms with E-state index in [0.717, 1.165) is 6.42 Å². The van der Waals surface area contributed by atoms with Gasteiger partial charge >= 0.3 is 26.2 Å². The molecule has 0 amide bonds. The molecular weight excluding hydrogens is 571 g/mol. The van der Waals surface area contributed by atoms with Gasteiger partial charge in [0.25, 0.3) is 0 Å². The van der Waals surface area contributed by atoms with Crippen molar-refractivity contribution in [1.82, 2.24) is 0 Å². The van der Waals surface area contributed by atoms with Crippen molar-refractivity contribution < 1.29 is 51.0 Å². The summed E-state index contributed by atoms with van der Waals surface area (Å²) in [5, 5.41) is 0. The molecule has 6 aliphatic rings. The molecule has 0 nitrogen and oxygen atoms in total. The predicted molar refractivity (Wildman–Crippen MR) is 146 cm³/mol. The van der Waals surface area contributed by atoms with Crippen molar-refractivity contribution in [3.8, 4) is 0 Å². The van der Waals surface area contributed by atoms with Gasteiger partial charge in [-0.05, 0) is 28.6 Å². The van der Waals surface area contributed by atoms with Crippen LogP contribution in [0.4, 0.5) is 0 Å². The average Bonchev–Trinajstić information content (AvgIpc) is 3.44. The van der Waals surface area contributed by atoms with Crippen LogP contribution in [0.2, 0.25) is 0 Å². The van der Waals surface area contributed by atoms with Crippen molar-refractivity contribution in [3.05, 3.63) is 103 Å². The summed E-state index contributed by atoms with van der Waals surface area (Å²) in [7, 11) is 0. The fourth-order valence-corrected chi connectivity index (χ4v) is 9.58. The van der Waals surface area contributed by atoms with Crippen molar-refractivity contribution in [1.29, 1.82) is 0 Å². The number of allylic oxidation sites excluding steroid dienone is 16. The SMILES string of the molecule is CC1=CC=CC2[CH-]C3(C)C4(C)C=CC=CC4(C)C4(C)C=CC=CC4(C)C3(C)C12C.[C-]1=CC=CC1.[Cl-].[Cl-].[Zr+4]. The van der Waals surface area contributed by atoms with Crippen LogP contribution in [0.1, 0.15) is 61.8 Å². The third-order valence-electron chi connectivity index (χ3n) is 12.6. The molecule has 0 radical (unpaired) electrons. The van der Waals surface area contributed by atoms with E-state index in [0.29, 0.717) is 5.92 Å². The molecule has 3 heteroatoms. The molecule has 196 valence electrons. The molecule has 6 rings (SSSR count). The second-order valence-electron chi connectivity index (χ2n) is 12.7. The van der Waals surface area contributed by atoms with E-state index in [9.17, 15) is 0 Å². The summed E-state index contributed by atoms with van der Waals surface area (Å²) in [5.74, 6) is 0.460. The minimum absolute atomic E-state index is 0. The third kappa shape index (κ3) is 3.36. The topological polar surface area (TPSA) is 0 Å². The second-order valence-corrected chi connectivity index (χ2v) is 12.7. The summed E-state index contributed by atoms with van der Waals surface area (Å²) in [5.41, 5.74) is 1.73. The predicted octanol–water partition coefficient (Wildman–Crippen LogP) is 2.96. The summed E-state index contributed by atoms with van der Waals surface area (Å²) in [4.78, 5) is 0. The van der Waals surface area contributed by atoms with E-state index < -0.39 is 0 Å². The molecule has 0 spiro atoms. The van der Waals surface area contributed by atoms with E-state index in [4.69, 9.17) is 0 Å². The fourth-order valence-electron chi connectivity index (χ4n) is 9.58. The monoisotopic (exact) mass is 610 g/mol. The first-order valence-corrected chi connectivity index (χ1v) is 13.1. The summed E-state index contributed by atoms with van der Waals surface area (Å²) in [6.07, 6.45) is 39.3. The quantitative estimate of drug-likeness (QED) is 0.370. The van der Waals surface area contributed by atoms with Gasteiger partial charge in [0.15, 0.2) is 0 Å². The molecular formula is C34H42Cl2Zr.